The van der Waals surface area contributed by atoms with Crippen LogP contribution in [0, 0.1) is 0 Å². The van der Waals surface area contributed by atoms with E-state index in [1.807, 2.05) is 60.7 Å². The number of hydrogen-bond donors (Lipinski definition) is 1. The van der Waals surface area contributed by atoms with E-state index in [0.29, 0.717) is 5.02 Å². The number of aromatic nitrogens is 1. The number of pyridine rings is 1. The van der Waals surface area contributed by atoms with E-state index in [9.17, 15) is 0 Å². The van der Waals surface area contributed by atoms with Gasteiger partial charge < -0.3 is 4.72 Å². The lowest BCUT2D eigenvalue weighted by Gasteiger charge is -2.07. The van der Waals surface area contributed by atoms with E-state index in [1.54, 1.807) is 0 Å². The lowest BCUT2D eigenvalue weighted by molar-refractivity contribution is 1.40. The monoisotopic (exact) mass is 286 g/mol. The van der Waals surface area contributed by atoms with Crippen LogP contribution in [0.4, 0.5) is 5.82 Å². The third-order valence-corrected chi connectivity index (χ3v) is 3.81. The van der Waals surface area contributed by atoms with E-state index in [2.05, 4.69) is 9.71 Å². The van der Waals surface area contributed by atoms with Crippen LogP contribution in [0.2, 0.25) is 5.02 Å². The predicted molar refractivity (Wildman–Crippen MR) is 82.7 cm³/mol. The summed E-state index contributed by atoms with van der Waals surface area (Å²) in [6.45, 7) is 0. The Hall–Kier alpha value is -1.71. The maximum atomic E-state index is 6.25. The van der Waals surface area contributed by atoms with Gasteiger partial charge in [0.15, 0.2) is 0 Å². The molecule has 0 aliphatic carbocycles. The standard InChI is InChI=1S/C15H11ClN2S/c16-13-10-15(17-14-9-5-4-8-12(13)14)18-19-11-6-2-1-3-7-11/h1-10H,(H,17,18). The molecule has 1 aromatic heterocycles. The van der Waals surface area contributed by atoms with Gasteiger partial charge in [0.1, 0.15) is 5.82 Å². The van der Waals surface area contributed by atoms with Crippen LogP contribution in [0.3, 0.4) is 0 Å². The number of fused-ring (bicyclic) bond motifs is 1. The average molecular weight is 287 g/mol. The van der Waals surface area contributed by atoms with Gasteiger partial charge in [-0.2, -0.15) is 0 Å². The second kappa shape index (κ2) is 5.51. The molecule has 1 N–H and O–H groups in total. The first-order valence-electron chi connectivity index (χ1n) is 5.86. The van der Waals surface area contributed by atoms with Crippen molar-refractivity contribution in [1.82, 2.24) is 4.98 Å². The van der Waals surface area contributed by atoms with Crippen molar-refractivity contribution < 1.29 is 0 Å². The van der Waals surface area contributed by atoms with Gasteiger partial charge in [-0.25, -0.2) is 4.98 Å². The van der Waals surface area contributed by atoms with Crippen molar-refractivity contribution in [3.05, 3.63) is 65.7 Å². The summed E-state index contributed by atoms with van der Waals surface area (Å²) in [5.74, 6) is 0.762. The van der Waals surface area contributed by atoms with E-state index in [0.717, 1.165) is 21.6 Å². The molecular weight excluding hydrogens is 276 g/mol. The van der Waals surface area contributed by atoms with E-state index in [1.165, 1.54) is 11.9 Å². The van der Waals surface area contributed by atoms with Gasteiger partial charge in [-0.15, -0.1) is 0 Å². The van der Waals surface area contributed by atoms with Crippen LogP contribution in [0.1, 0.15) is 0 Å². The first-order valence-corrected chi connectivity index (χ1v) is 7.05. The smallest absolute Gasteiger partial charge is 0.138 e. The second-order valence-electron chi connectivity index (χ2n) is 4.02. The number of nitrogens with one attached hydrogen (secondary N) is 1. The fourth-order valence-corrected chi connectivity index (χ4v) is 2.67. The molecule has 0 aliphatic rings. The van der Waals surface area contributed by atoms with Crippen LogP contribution < -0.4 is 4.72 Å². The first-order chi connectivity index (χ1) is 9.33. The number of halogens is 1. The molecule has 19 heavy (non-hydrogen) atoms. The second-order valence-corrected chi connectivity index (χ2v) is 5.31. The fraction of sp³-hybridized carbons (Fsp3) is 0. The molecule has 0 radical (unpaired) electrons. The molecular formula is C15H11ClN2S. The number of benzene rings is 2. The van der Waals surface area contributed by atoms with Crippen LogP contribution in [-0.4, -0.2) is 4.98 Å². The molecule has 0 saturated heterocycles. The largest absolute Gasteiger partial charge is 0.310 e. The molecule has 4 heteroatoms. The third kappa shape index (κ3) is 2.83. The van der Waals surface area contributed by atoms with Gasteiger partial charge in [-0.3, -0.25) is 0 Å². The third-order valence-electron chi connectivity index (χ3n) is 2.68. The Morgan fingerprint density at radius 1 is 0.947 bits per heavy atom. The van der Waals surface area contributed by atoms with Gasteiger partial charge in [0.05, 0.1) is 10.5 Å². The van der Waals surface area contributed by atoms with Gasteiger partial charge in [-0.05, 0) is 30.1 Å². The van der Waals surface area contributed by atoms with Gasteiger partial charge in [0.2, 0.25) is 0 Å². The van der Waals surface area contributed by atoms with E-state index in [-0.39, 0.29) is 0 Å². The molecule has 0 unspecified atom stereocenters. The highest BCUT2D eigenvalue weighted by Crippen LogP contribution is 2.27. The summed E-state index contributed by atoms with van der Waals surface area (Å²) in [4.78, 5) is 5.67. The van der Waals surface area contributed by atoms with E-state index < -0.39 is 0 Å². The van der Waals surface area contributed by atoms with Gasteiger partial charge in [0, 0.05) is 16.3 Å². The van der Waals surface area contributed by atoms with Crippen molar-refractivity contribution in [2.45, 2.75) is 4.90 Å². The first kappa shape index (κ1) is 12.3. The Morgan fingerprint density at radius 3 is 2.53 bits per heavy atom. The van der Waals surface area contributed by atoms with Gasteiger partial charge in [0.25, 0.3) is 0 Å². The SMILES string of the molecule is Clc1cc(NSc2ccccc2)nc2ccccc12. The number of rotatable bonds is 3. The van der Waals surface area contributed by atoms with Gasteiger partial charge in [-0.1, -0.05) is 48.0 Å². The number of nitrogens with zero attached hydrogens (tertiary/aromatic N) is 1. The van der Waals surface area contributed by atoms with Crippen molar-refractivity contribution in [1.29, 1.82) is 0 Å². The molecule has 0 spiro atoms. The van der Waals surface area contributed by atoms with Crippen molar-refractivity contribution in [2.75, 3.05) is 4.72 Å². The van der Waals surface area contributed by atoms with Crippen LogP contribution >= 0.6 is 23.5 Å². The molecule has 2 nitrogen and oxygen atoms in total. The van der Waals surface area contributed by atoms with E-state index in [4.69, 9.17) is 11.6 Å². The maximum absolute atomic E-state index is 6.25. The topological polar surface area (TPSA) is 24.9 Å². The zero-order valence-corrected chi connectivity index (χ0v) is 11.6. The van der Waals surface area contributed by atoms with Crippen molar-refractivity contribution in [3.8, 4) is 0 Å². The molecule has 1 heterocycles. The van der Waals surface area contributed by atoms with Crippen molar-refractivity contribution in [3.63, 3.8) is 0 Å². The molecule has 0 atom stereocenters. The van der Waals surface area contributed by atoms with Crippen molar-refractivity contribution >= 4 is 40.3 Å². The Labute approximate surface area is 121 Å². The summed E-state index contributed by atoms with van der Waals surface area (Å²) in [7, 11) is 0. The molecule has 3 rings (SSSR count). The Kier molecular flexibility index (Phi) is 3.58. The highest BCUT2D eigenvalue weighted by Gasteiger charge is 2.03. The molecule has 3 aromatic rings. The normalized spacial score (nSPS) is 10.6. The summed E-state index contributed by atoms with van der Waals surface area (Å²) in [5.41, 5.74) is 0.895. The zero-order chi connectivity index (χ0) is 13.1. The number of anilines is 1. The molecule has 94 valence electrons. The summed E-state index contributed by atoms with van der Waals surface area (Å²) in [5, 5.41) is 1.68. The van der Waals surface area contributed by atoms with Gasteiger partial charge >= 0.3 is 0 Å². The lowest BCUT2D eigenvalue weighted by Crippen LogP contribution is -1.91. The average Bonchev–Trinajstić information content (AvgIpc) is 2.46. The van der Waals surface area contributed by atoms with Crippen LogP contribution in [0.5, 0.6) is 0 Å². The predicted octanol–water partition coefficient (Wildman–Crippen LogP) is 5.01. The minimum atomic E-state index is 0.710. The highest BCUT2D eigenvalue weighted by atomic mass is 35.5. The number of para-hydroxylation sites is 1. The Bertz CT molecular complexity index is 701. The van der Waals surface area contributed by atoms with E-state index >= 15 is 0 Å². The van der Waals surface area contributed by atoms with Crippen molar-refractivity contribution in [2.24, 2.45) is 0 Å². The highest BCUT2D eigenvalue weighted by molar-refractivity contribution is 8.00. The molecule has 2 aromatic carbocycles. The fourth-order valence-electron chi connectivity index (χ4n) is 1.78. The van der Waals surface area contributed by atoms with Crippen LogP contribution in [-0.2, 0) is 0 Å². The maximum Gasteiger partial charge on any atom is 0.138 e. The molecule has 0 fully saturated rings. The molecule has 0 bridgehead atoms. The summed E-state index contributed by atoms with van der Waals surface area (Å²) >= 11 is 7.77. The Balaban J connectivity index is 1.85. The van der Waals surface area contributed by atoms with Crippen LogP contribution in [0.25, 0.3) is 10.9 Å². The molecule has 0 saturated carbocycles. The summed E-state index contributed by atoms with van der Waals surface area (Å²) < 4.78 is 3.22. The quantitative estimate of drug-likeness (QED) is 0.685. The summed E-state index contributed by atoms with van der Waals surface area (Å²) in [6, 6.07) is 19.8. The molecule has 0 amide bonds. The minimum Gasteiger partial charge on any atom is -0.310 e. The van der Waals surface area contributed by atoms with Crippen LogP contribution in [0.15, 0.2) is 65.6 Å². The Morgan fingerprint density at radius 2 is 1.68 bits per heavy atom. The zero-order valence-electron chi connectivity index (χ0n) is 10.0. The number of hydrogen-bond acceptors (Lipinski definition) is 3. The molecule has 0 aliphatic heterocycles. The lowest BCUT2D eigenvalue weighted by atomic mass is 10.2. The summed E-state index contributed by atoms with van der Waals surface area (Å²) in [6.07, 6.45) is 0. The minimum absolute atomic E-state index is 0.710.